The van der Waals surface area contributed by atoms with Gasteiger partial charge in [0.05, 0.1) is 4.99 Å². The summed E-state index contributed by atoms with van der Waals surface area (Å²) < 4.78 is 12.7. The molecule has 0 aliphatic heterocycles. The van der Waals surface area contributed by atoms with Gasteiger partial charge in [-0.2, -0.15) is 0 Å². The lowest BCUT2D eigenvalue weighted by Gasteiger charge is -2.10. The molecule has 0 unspecified atom stereocenters. The van der Waals surface area contributed by atoms with E-state index in [2.05, 4.69) is 69.6 Å². The molecule has 0 amide bonds. The molecule has 2 rings (SSSR count). The highest BCUT2D eigenvalue weighted by atomic mass is 32.1. The zero-order valence-electron chi connectivity index (χ0n) is 16.7. The van der Waals surface area contributed by atoms with E-state index >= 15 is 0 Å². The molecule has 1 aliphatic carbocycles. The van der Waals surface area contributed by atoms with Gasteiger partial charge in [0.2, 0.25) is 0 Å². The fourth-order valence-corrected chi connectivity index (χ4v) is 2.16. The number of hydrogen-bond donors (Lipinski definition) is 2. The van der Waals surface area contributed by atoms with Gasteiger partial charge in [-0.1, -0.05) is 66.9 Å². The number of benzene rings is 1. The van der Waals surface area contributed by atoms with Gasteiger partial charge in [-0.25, -0.2) is 0 Å². The second-order valence-electron chi connectivity index (χ2n) is 5.83. The van der Waals surface area contributed by atoms with Gasteiger partial charge in [-0.05, 0) is 56.5 Å². The molecule has 0 spiro atoms. The van der Waals surface area contributed by atoms with E-state index in [0.717, 1.165) is 29.1 Å². The molecule has 0 saturated heterocycles. The van der Waals surface area contributed by atoms with E-state index in [9.17, 15) is 0 Å². The lowest BCUT2D eigenvalue weighted by molar-refractivity contribution is 0.162. The molecule has 0 heterocycles. The molecule has 0 aromatic heterocycles. The van der Waals surface area contributed by atoms with Crippen LogP contribution in [0.5, 0.6) is 5.75 Å². The highest BCUT2D eigenvalue weighted by Gasteiger charge is 2.03. The highest BCUT2D eigenvalue weighted by molar-refractivity contribution is 8.08. The third-order valence-electron chi connectivity index (χ3n) is 3.29. The van der Waals surface area contributed by atoms with Crippen molar-refractivity contribution in [2.45, 2.75) is 27.2 Å². The SMILES string of the molecule is C=Cc1ccc(OCCOC2=C(C)C=C(C)CC=C2)cc1.CC(N)=S.S=CS. The maximum absolute atomic E-state index is 5.80. The molecule has 0 atom stereocenters. The molecule has 0 radical (unpaired) electrons. The molecule has 1 aromatic carbocycles. The van der Waals surface area contributed by atoms with Crippen molar-refractivity contribution >= 4 is 52.8 Å². The number of thiocarbonyl (C=S) groups is 2. The fourth-order valence-electron chi connectivity index (χ4n) is 2.16. The Balaban J connectivity index is 0.000000904. The van der Waals surface area contributed by atoms with Crippen LogP contribution < -0.4 is 10.5 Å². The summed E-state index contributed by atoms with van der Waals surface area (Å²) in [5.74, 6) is 1.78. The number of rotatable bonds is 6. The predicted molar refractivity (Wildman–Crippen MR) is 133 cm³/mol. The largest absolute Gasteiger partial charge is 0.490 e. The fraction of sp³-hybridized carbons (Fsp3) is 0.273. The summed E-state index contributed by atoms with van der Waals surface area (Å²) in [6.45, 7) is 10.7. The van der Waals surface area contributed by atoms with Crippen LogP contribution >= 0.6 is 37.1 Å². The van der Waals surface area contributed by atoms with E-state index < -0.39 is 0 Å². The normalized spacial score (nSPS) is 12.2. The van der Waals surface area contributed by atoms with E-state index in [-0.39, 0.29) is 0 Å². The Hall–Kier alpha value is -1.89. The zero-order chi connectivity index (χ0) is 21.4. The van der Waals surface area contributed by atoms with E-state index in [1.807, 2.05) is 36.4 Å². The first-order valence-electron chi connectivity index (χ1n) is 8.70. The average Bonchev–Trinajstić information content (AvgIpc) is 2.79. The molecule has 28 heavy (non-hydrogen) atoms. The molecule has 0 fully saturated rings. The van der Waals surface area contributed by atoms with Gasteiger partial charge >= 0.3 is 0 Å². The van der Waals surface area contributed by atoms with Gasteiger partial charge in [0.1, 0.15) is 24.7 Å². The monoisotopic (exact) mass is 435 g/mol. The Labute approximate surface area is 185 Å². The number of allylic oxidation sites excluding steroid dienone is 5. The maximum atomic E-state index is 5.80. The molecule has 2 N–H and O–H groups in total. The third kappa shape index (κ3) is 13.3. The molecule has 0 bridgehead atoms. The Morgan fingerprint density at radius 2 is 1.75 bits per heavy atom. The summed E-state index contributed by atoms with van der Waals surface area (Å²) in [5, 5.41) is 0. The molecule has 1 aromatic rings. The molecule has 6 heteroatoms. The van der Waals surface area contributed by atoms with Crippen LogP contribution in [0, 0.1) is 0 Å². The van der Waals surface area contributed by atoms with Crippen LogP contribution in [0.1, 0.15) is 32.8 Å². The van der Waals surface area contributed by atoms with E-state index in [1.54, 1.807) is 6.92 Å². The number of thiol groups is 1. The summed E-state index contributed by atoms with van der Waals surface area (Å²) in [4.78, 5) is 0.500. The molecular formula is C22H29NO2S3. The standard InChI is InChI=1S/C19H22O2.C2H5NS.CH2S2/c1-4-17-8-10-18(11-9-17)20-12-13-21-19-7-5-6-15(2)14-16(19)3;1-2(3)4;2-1-3/h4-5,7-11,14H,1,6,12-13H2,2-3H3;1H3,(H2,3,4);1H,(H,2,3). The Kier molecular flexibility index (Phi) is 15.0. The van der Waals surface area contributed by atoms with E-state index in [4.69, 9.17) is 15.2 Å². The third-order valence-corrected chi connectivity index (χ3v) is 3.29. The van der Waals surface area contributed by atoms with E-state index in [1.165, 1.54) is 10.3 Å². The zero-order valence-corrected chi connectivity index (χ0v) is 19.2. The molecular weight excluding hydrogens is 406 g/mol. The minimum Gasteiger partial charge on any atom is -0.490 e. The first-order valence-corrected chi connectivity index (χ1v) is 10.1. The van der Waals surface area contributed by atoms with Crippen LogP contribution in [-0.2, 0) is 4.74 Å². The van der Waals surface area contributed by atoms with Crippen LogP contribution in [0.15, 0.2) is 66.0 Å². The van der Waals surface area contributed by atoms with Crippen LogP contribution in [0.2, 0.25) is 0 Å². The summed E-state index contributed by atoms with van der Waals surface area (Å²) in [6, 6.07) is 7.85. The Morgan fingerprint density at radius 1 is 1.21 bits per heavy atom. The van der Waals surface area contributed by atoms with Gasteiger partial charge in [-0.3, -0.25) is 0 Å². The van der Waals surface area contributed by atoms with Crippen LogP contribution in [0.4, 0.5) is 0 Å². The van der Waals surface area contributed by atoms with Gasteiger partial charge in [0.15, 0.2) is 0 Å². The molecule has 152 valence electrons. The second-order valence-corrected chi connectivity index (χ2v) is 7.32. The van der Waals surface area contributed by atoms with Gasteiger partial charge in [0, 0.05) is 4.70 Å². The van der Waals surface area contributed by atoms with Crippen molar-refractivity contribution in [2.75, 3.05) is 13.2 Å². The lowest BCUT2D eigenvalue weighted by Crippen LogP contribution is -2.06. The van der Waals surface area contributed by atoms with Gasteiger partial charge in [-0.15, -0.1) is 12.6 Å². The lowest BCUT2D eigenvalue weighted by atomic mass is 10.2. The first kappa shape index (κ1) is 26.1. The average molecular weight is 436 g/mol. The smallest absolute Gasteiger partial charge is 0.122 e. The van der Waals surface area contributed by atoms with Crippen molar-refractivity contribution in [2.24, 2.45) is 5.73 Å². The predicted octanol–water partition coefficient (Wildman–Crippen LogP) is 6.07. The van der Waals surface area contributed by atoms with E-state index in [0.29, 0.717) is 18.2 Å². The van der Waals surface area contributed by atoms with Crippen molar-refractivity contribution < 1.29 is 9.47 Å². The van der Waals surface area contributed by atoms with Crippen molar-refractivity contribution in [3.05, 3.63) is 71.5 Å². The summed E-state index contributed by atoms with van der Waals surface area (Å²) in [7, 11) is 0. The highest BCUT2D eigenvalue weighted by Crippen LogP contribution is 2.18. The Bertz CT molecular complexity index is 716. The number of ether oxygens (including phenoxy) is 2. The number of nitrogens with two attached hydrogens (primary N) is 1. The quantitative estimate of drug-likeness (QED) is 0.322. The summed E-state index contributed by atoms with van der Waals surface area (Å²) in [6.07, 6.45) is 9.14. The molecule has 3 nitrogen and oxygen atoms in total. The van der Waals surface area contributed by atoms with Gasteiger partial charge in [0.25, 0.3) is 0 Å². The second kappa shape index (κ2) is 16.1. The van der Waals surface area contributed by atoms with Crippen molar-refractivity contribution in [3.63, 3.8) is 0 Å². The van der Waals surface area contributed by atoms with Crippen LogP contribution in [0.25, 0.3) is 6.08 Å². The van der Waals surface area contributed by atoms with Gasteiger partial charge < -0.3 is 15.2 Å². The minimum atomic E-state index is 0.500. The first-order chi connectivity index (χ1) is 13.3. The Morgan fingerprint density at radius 3 is 2.29 bits per heavy atom. The van der Waals surface area contributed by atoms with Crippen LogP contribution in [0.3, 0.4) is 0 Å². The van der Waals surface area contributed by atoms with Crippen molar-refractivity contribution in [1.82, 2.24) is 0 Å². The maximum Gasteiger partial charge on any atom is 0.122 e. The minimum absolute atomic E-state index is 0.500. The molecule has 0 saturated carbocycles. The van der Waals surface area contributed by atoms with Crippen molar-refractivity contribution in [1.29, 1.82) is 0 Å². The topological polar surface area (TPSA) is 44.5 Å². The summed E-state index contributed by atoms with van der Waals surface area (Å²) in [5.41, 5.74) is 8.44. The molecule has 1 aliphatic rings. The summed E-state index contributed by atoms with van der Waals surface area (Å²) >= 11 is 11.9. The van der Waals surface area contributed by atoms with Crippen molar-refractivity contribution in [3.8, 4) is 5.75 Å². The van der Waals surface area contributed by atoms with Crippen LogP contribution in [-0.4, -0.2) is 22.9 Å². The number of hydrogen-bond acceptors (Lipinski definition) is 4.